The Balaban J connectivity index is 1.71. The van der Waals surface area contributed by atoms with Crippen LogP contribution in [0, 0.1) is 6.92 Å². The predicted octanol–water partition coefficient (Wildman–Crippen LogP) is 4.84. The van der Waals surface area contributed by atoms with Crippen LogP contribution in [0.3, 0.4) is 0 Å². The molecule has 0 fully saturated rings. The zero-order chi connectivity index (χ0) is 19.9. The number of carbonyl (C=O) groups is 2. The van der Waals surface area contributed by atoms with Crippen LogP contribution in [0.4, 0.5) is 0 Å². The summed E-state index contributed by atoms with van der Waals surface area (Å²) in [6, 6.07) is 18.8. The first-order valence-electron chi connectivity index (χ1n) is 8.97. The van der Waals surface area contributed by atoms with Gasteiger partial charge in [-0.25, -0.2) is 4.79 Å². The lowest BCUT2D eigenvalue weighted by Crippen LogP contribution is -2.09. The molecule has 140 valence electrons. The summed E-state index contributed by atoms with van der Waals surface area (Å²) in [5.41, 5.74) is 4.22. The summed E-state index contributed by atoms with van der Waals surface area (Å²) in [6.07, 6.45) is 8.50. The lowest BCUT2D eigenvalue weighted by molar-refractivity contribution is -0.131. The van der Waals surface area contributed by atoms with Gasteiger partial charge in [0, 0.05) is 24.4 Å². The van der Waals surface area contributed by atoms with Crippen LogP contribution >= 0.6 is 0 Å². The van der Waals surface area contributed by atoms with E-state index < -0.39 is 5.97 Å². The fourth-order valence-corrected chi connectivity index (χ4v) is 2.87. The van der Waals surface area contributed by atoms with Crippen molar-refractivity contribution >= 4 is 23.9 Å². The maximum atomic E-state index is 12.7. The molecule has 0 aliphatic rings. The van der Waals surface area contributed by atoms with Crippen molar-refractivity contribution in [2.24, 2.45) is 0 Å². The summed E-state index contributed by atoms with van der Waals surface area (Å²) in [5, 5.41) is 8.73. The number of nitrogens with zero attached hydrogens (tertiary/aromatic N) is 1. The molecule has 0 spiro atoms. The second-order valence-corrected chi connectivity index (χ2v) is 6.49. The quantitative estimate of drug-likeness (QED) is 0.478. The third-order valence-corrected chi connectivity index (χ3v) is 4.32. The molecule has 0 aliphatic carbocycles. The molecule has 0 saturated carbocycles. The molecule has 4 heteroatoms. The highest BCUT2D eigenvalue weighted by atomic mass is 16.4. The molecule has 1 aromatic heterocycles. The number of rotatable bonds is 7. The third-order valence-electron chi connectivity index (χ3n) is 4.32. The van der Waals surface area contributed by atoms with Crippen LogP contribution < -0.4 is 0 Å². The molecule has 0 atom stereocenters. The Bertz CT molecular complexity index is 1040. The standard InChI is InChI=1S/C24H21NO3/c1-18-9-12-21(13-10-18)24(28)22-8-4-16-25(22)15-3-7-19-5-2-6-20(17-19)11-14-23(26)27/h2-14,16-17H,15H2,1H3,(H,26,27)/b7-3+,14-11-. The number of carbonyl (C=O) groups excluding carboxylic acids is 1. The summed E-state index contributed by atoms with van der Waals surface area (Å²) in [4.78, 5) is 23.4. The molecule has 3 aromatic rings. The van der Waals surface area contributed by atoms with E-state index in [1.807, 2.05) is 90.5 Å². The first kappa shape index (κ1) is 19.1. The van der Waals surface area contributed by atoms with Gasteiger partial charge in [0.2, 0.25) is 5.78 Å². The molecule has 0 radical (unpaired) electrons. The highest BCUT2D eigenvalue weighted by Gasteiger charge is 2.12. The van der Waals surface area contributed by atoms with Crippen molar-refractivity contribution in [3.63, 3.8) is 0 Å². The van der Waals surface area contributed by atoms with Gasteiger partial charge in [-0.05, 0) is 42.3 Å². The van der Waals surface area contributed by atoms with Gasteiger partial charge in [-0.1, -0.05) is 60.2 Å². The Morgan fingerprint density at radius 2 is 1.68 bits per heavy atom. The van der Waals surface area contributed by atoms with Crippen LogP contribution in [0.15, 0.2) is 79.0 Å². The van der Waals surface area contributed by atoms with Gasteiger partial charge in [0.1, 0.15) is 0 Å². The summed E-state index contributed by atoms with van der Waals surface area (Å²) >= 11 is 0. The predicted molar refractivity (Wildman–Crippen MR) is 111 cm³/mol. The fourth-order valence-electron chi connectivity index (χ4n) is 2.87. The Hall–Kier alpha value is -3.66. The third kappa shape index (κ3) is 4.95. The van der Waals surface area contributed by atoms with Crippen molar-refractivity contribution in [1.29, 1.82) is 0 Å². The van der Waals surface area contributed by atoms with Crippen LogP contribution in [0.5, 0.6) is 0 Å². The number of hydrogen-bond acceptors (Lipinski definition) is 2. The lowest BCUT2D eigenvalue weighted by Gasteiger charge is -2.06. The van der Waals surface area contributed by atoms with Gasteiger partial charge in [0.05, 0.1) is 5.69 Å². The zero-order valence-electron chi connectivity index (χ0n) is 15.6. The van der Waals surface area contributed by atoms with Crippen molar-refractivity contribution in [2.45, 2.75) is 13.5 Å². The Morgan fingerprint density at radius 1 is 0.964 bits per heavy atom. The lowest BCUT2D eigenvalue weighted by atomic mass is 10.1. The molecule has 0 saturated heterocycles. The molecule has 0 unspecified atom stereocenters. The number of carboxylic acid groups (broad SMARTS) is 1. The van der Waals surface area contributed by atoms with E-state index in [0.717, 1.165) is 22.8 Å². The van der Waals surface area contributed by atoms with Gasteiger partial charge in [-0.15, -0.1) is 0 Å². The summed E-state index contributed by atoms with van der Waals surface area (Å²) in [6.45, 7) is 2.56. The largest absolute Gasteiger partial charge is 0.478 e. The molecule has 0 amide bonds. The molecule has 28 heavy (non-hydrogen) atoms. The number of aryl methyl sites for hydroxylation is 1. The van der Waals surface area contributed by atoms with Crippen molar-refractivity contribution in [3.8, 4) is 0 Å². The van der Waals surface area contributed by atoms with Gasteiger partial charge in [0.15, 0.2) is 0 Å². The monoisotopic (exact) mass is 371 g/mol. The molecule has 1 N–H and O–H groups in total. The minimum atomic E-state index is -0.973. The van der Waals surface area contributed by atoms with E-state index in [1.54, 1.807) is 6.08 Å². The van der Waals surface area contributed by atoms with Gasteiger partial charge >= 0.3 is 5.97 Å². The van der Waals surface area contributed by atoms with E-state index >= 15 is 0 Å². The maximum absolute atomic E-state index is 12.7. The van der Waals surface area contributed by atoms with Gasteiger partial charge in [0.25, 0.3) is 0 Å². The zero-order valence-corrected chi connectivity index (χ0v) is 15.6. The number of ketones is 1. The summed E-state index contributed by atoms with van der Waals surface area (Å²) in [7, 11) is 0. The number of aliphatic carboxylic acids is 1. The molecule has 1 heterocycles. The van der Waals surface area contributed by atoms with Crippen LogP contribution in [0.1, 0.15) is 32.7 Å². The van der Waals surface area contributed by atoms with E-state index in [1.165, 1.54) is 0 Å². The first-order chi connectivity index (χ1) is 13.5. The number of allylic oxidation sites excluding steroid dienone is 1. The SMILES string of the molecule is Cc1ccc(C(=O)c2cccn2C/C=C/c2cccc(/C=C\C(=O)O)c2)cc1. The Morgan fingerprint density at radius 3 is 2.39 bits per heavy atom. The van der Waals surface area contributed by atoms with Crippen molar-refractivity contribution in [3.05, 3.63) is 107 Å². The Labute approximate surface area is 164 Å². The van der Waals surface area contributed by atoms with E-state index in [-0.39, 0.29) is 5.78 Å². The van der Waals surface area contributed by atoms with Crippen LogP contribution in [0.25, 0.3) is 12.2 Å². The summed E-state index contributed by atoms with van der Waals surface area (Å²) in [5.74, 6) is -0.974. The van der Waals surface area contributed by atoms with E-state index in [0.29, 0.717) is 17.8 Å². The topological polar surface area (TPSA) is 59.3 Å². The molecule has 3 rings (SSSR count). The fraction of sp³-hybridized carbons (Fsp3) is 0.0833. The second-order valence-electron chi connectivity index (χ2n) is 6.49. The molecule has 2 aromatic carbocycles. The number of benzene rings is 2. The minimum absolute atomic E-state index is 0.000736. The molecule has 0 bridgehead atoms. The van der Waals surface area contributed by atoms with Crippen molar-refractivity contribution in [1.82, 2.24) is 4.57 Å². The average molecular weight is 371 g/mol. The van der Waals surface area contributed by atoms with Gasteiger partial charge in [-0.2, -0.15) is 0 Å². The highest BCUT2D eigenvalue weighted by Crippen LogP contribution is 2.13. The molecular formula is C24H21NO3. The van der Waals surface area contributed by atoms with Crippen LogP contribution in [-0.4, -0.2) is 21.4 Å². The Kier molecular flexibility index (Phi) is 6.02. The average Bonchev–Trinajstić information content (AvgIpc) is 3.15. The van der Waals surface area contributed by atoms with Crippen molar-refractivity contribution in [2.75, 3.05) is 0 Å². The maximum Gasteiger partial charge on any atom is 0.328 e. The summed E-state index contributed by atoms with van der Waals surface area (Å²) < 4.78 is 1.91. The van der Waals surface area contributed by atoms with Gasteiger partial charge in [-0.3, -0.25) is 4.79 Å². The van der Waals surface area contributed by atoms with E-state index in [9.17, 15) is 9.59 Å². The van der Waals surface area contributed by atoms with E-state index in [4.69, 9.17) is 5.11 Å². The van der Waals surface area contributed by atoms with Crippen molar-refractivity contribution < 1.29 is 14.7 Å². The molecular weight excluding hydrogens is 350 g/mol. The highest BCUT2D eigenvalue weighted by molar-refractivity contribution is 6.08. The smallest absolute Gasteiger partial charge is 0.328 e. The van der Waals surface area contributed by atoms with Crippen LogP contribution in [0.2, 0.25) is 0 Å². The minimum Gasteiger partial charge on any atom is -0.478 e. The normalized spacial score (nSPS) is 11.3. The molecule has 4 nitrogen and oxygen atoms in total. The van der Waals surface area contributed by atoms with E-state index in [2.05, 4.69) is 0 Å². The second kappa shape index (κ2) is 8.82. The first-order valence-corrected chi connectivity index (χ1v) is 8.97. The number of hydrogen-bond donors (Lipinski definition) is 1. The number of carboxylic acids is 1. The van der Waals surface area contributed by atoms with Gasteiger partial charge < -0.3 is 9.67 Å². The number of aromatic nitrogens is 1. The van der Waals surface area contributed by atoms with Crippen LogP contribution in [-0.2, 0) is 11.3 Å². The molecule has 0 aliphatic heterocycles.